The lowest BCUT2D eigenvalue weighted by molar-refractivity contribution is 0.0834. The molecule has 0 spiro atoms. The van der Waals surface area contributed by atoms with Gasteiger partial charge in [0.05, 0.1) is 6.61 Å². The number of fused-ring (bicyclic) bond motifs is 2. The maximum absolute atomic E-state index is 13.7. The highest BCUT2D eigenvalue weighted by Crippen LogP contribution is 2.41. The molecule has 2 N–H and O–H groups in total. The average Bonchev–Trinajstić information content (AvgIpc) is 3.39. The number of rotatable bonds is 6. The number of aromatic amines is 1. The van der Waals surface area contributed by atoms with Gasteiger partial charge in [0.2, 0.25) is 5.75 Å². The molecule has 1 aliphatic heterocycles. The fourth-order valence-electron chi connectivity index (χ4n) is 4.68. The Morgan fingerprint density at radius 1 is 1.23 bits per heavy atom. The number of para-hydroxylation sites is 1. The molecule has 0 bridgehead atoms. The highest BCUT2D eigenvalue weighted by molar-refractivity contribution is 5.83. The summed E-state index contributed by atoms with van der Waals surface area (Å²) in [6.07, 6.45) is 5.22. The summed E-state index contributed by atoms with van der Waals surface area (Å²) in [5, 5.41) is 4.66. The smallest absolute Gasteiger partial charge is 0.204 e. The Kier molecular flexibility index (Phi) is 5.25. The molecule has 0 amide bonds. The second-order valence-corrected chi connectivity index (χ2v) is 8.12. The summed E-state index contributed by atoms with van der Waals surface area (Å²) in [4.78, 5) is 3.28. The number of nitrogens with one attached hydrogen (secondary N) is 2. The number of ether oxygens (including phenoxy) is 3. The number of halogens is 1. The highest BCUT2D eigenvalue weighted by Gasteiger charge is 2.30. The van der Waals surface area contributed by atoms with Crippen LogP contribution in [-0.4, -0.2) is 36.9 Å². The molecule has 2 heterocycles. The molecular weight excluding hydrogens is 383 g/mol. The molecule has 30 heavy (non-hydrogen) atoms. The van der Waals surface area contributed by atoms with E-state index >= 15 is 0 Å². The Labute approximate surface area is 175 Å². The maximum atomic E-state index is 13.7. The first-order valence-electron chi connectivity index (χ1n) is 10.8. The van der Waals surface area contributed by atoms with Crippen molar-refractivity contribution in [2.24, 2.45) is 0 Å². The van der Waals surface area contributed by atoms with E-state index in [9.17, 15) is 4.39 Å². The lowest BCUT2D eigenvalue weighted by atomic mass is 9.97. The average molecular weight is 410 g/mol. The SMILES string of the molecule is CCOc1cccc2c1O[C@@H](CNC1CCC(c3c[nH]c4ccc(F)cc34)C1)CO2. The minimum absolute atomic E-state index is 0.0552. The van der Waals surface area contributed by atoms with Crippen molar-refractivity contribution < 1.29 is 18.6 Å². The third kappa shape index (κ3) is 3.72. The molecule has 3 aromatic rings. The lowest BCUT2D eigenvalue weighted by Gasteiger charge is -2.29. The summed E-state index contributed by atoms with van der Waals surface area (Å²) in [5.41, 5.74) is 2.22. The summed E-state index contributed by atoms with van der Waals surface area (Å²) in [6.45, 7) is 3.79. The topological polar surface area (TPSA) is 55.5 Å². The summed E-state index contributed by atoms with van der Waals surface area (Å²) >= 11 is 0. The Balaban J connectivity index is 1.20. The van der Waals surface area contributed by atoms with Gasteiger partial charge in [0, 0.05) is 29.7 Å². The van der Waals surface area contributed by atoms with E-state index < -0.39 is 0 Å². The van der Waals surface area contributed by atoms with Crippen LogP contribution in [0.4, 0.5) is 4.39 Å². The normalized spacial score (nSPS) is 23.1. The molecule has 1 fully saturated rings. The van der Waals surface area contributed by atoms with Crippen molar-refractivity contribution in [2.45, 2.75) is 44.2 Å². The van der Waals surface area contributed by atoms with Crippen LogP contribution in [0.15, 0.2) is 42.6 Å². The minimum atomic E-state index is -0.183. The van der Waals surface area contributed by atoms with Crippen LogP contribution in [0, 0.1) is 5.82 Å². The second-order valence-electron chi connectivity index (χ2n) is 8.12. The van der Waals surface area contributed by atoms with Gasteiger partial charge < -0.3 is 24.5 Å². The number of benzene rings is 2. The van der Waals surface area contributed by atoms with Crippen molar-refractivity contribution in [3.8, 4) is 17.2 Å². The molecule has 1 aromatic heterocycles. The maximum Gasteiger partial charge on any atom is 0.204 e. The first kappa shape index (κ1) is 19.2. The van der Waals surface area contributed by atoms with Crippen molar-refractivity contribution >= 4 is 10.9 Å². The third-order valence-electron chi connectivity index (χ3n) is 6.13. The van der Waals surface area contributed by atoms with E-state index in [1.165, 1.54) is 11.6 Å². The van der Waals surface area contributed by atoms with Crippen LogP contribution >= 0.6 is 0 Å². The Hall–Kier alpha value is -2.73. The summed E-state index contributed by atoms with van der Waals surface area (Å²) in [5.74, 6) is 2.42. The van der Waals surface area contributed by atoms with Crippen LogP contribution in [0.25, 0.3) is 10.9 Å². The molecule has 0 radical (unpaired) electrons. The molecule has 2 unspecified atom stereocenters. The van der Waals surface area contributed by atoms with Gasteiger partial charge in [-0.3, -0.25) is 0 Å². The first-order valence-corrected chi connectivity index (χ1v) is 10.8. The fraction of sp³-hybridized carbons (Fsp3) is 0.417. The van der Waals surface area contributed by atoms with Crippen LogP contribution in [0.3, 0.4) is 0 Å². The third-order valence-corrected chi connectivity index (χ3v) is 6.13. The van der Waals surface area contributed by atoms with Crippen LogP contribution in [0.1, 0.15) is 37.7 Å². The number of aromatic nitrogens is 1. The zero-order valence-electron chi connectivity index (χ0n) is 17.1. The molecule has 3 atom stereocenters. The predicted molar refractivity (Wildman–Crippen MR) is 114 cm³/mol. The van der Waals surface area contributed by atoms with Gasteiger partial charge in [-0.2, -0.15) is 0 Å². The van der Waals surface area contributed by atoms with Gasteiger partial charge in [0.1, 0.15) is 18.5 Å². The largest absolute Gasteiger partial charge is 0.490 e. The number of hydrogen-bond acceptors (Lipinski definition) is 4. The quantitative estimate of drug-likeness (QED) is 0.615. The standard InChI is InChI=1S/C24H27FN2O3/c1-2-28-22-4-3-5-23-24(22)30-18(14-29-23)12-26-17-8-6-15(10-17)20-13-27-21-9-7-16(25)11-19(20)21/h3-5,7,9,11,13,15,17-18,26-27H,2,6,8,10,12,14H2,1H3/t15?,17?,18-/m0/s1. The number of hydrogen-bond donors (Lipinski definition) is 2. The Bertz CT molecular complexity index is 1030. The zero-order valence-corrected chi connectivity index (χ0v) is 17.1. The van der Waals surface area contributed by atoms with Gasteiger partial charge in [-0.1, -0.05) is 6.07 Å². The van der Waals surface area contributed by atoms with Crippen LogP contribution in [0.2, 0.25) is 0 Å². The second kappa shape index (κ2) is 8.19. The molecule has 6 heteroatoms. The first-order chi connectivity index (χ1) is 14.7. The summed E-state index contributed by atoms with van der Waals surface area (Å²) < 4.78 is 31.5. The molecule has 0 saturated heterocycles. The predicted octanol–water partition coefficient (Wildman–Crippen LogP) is 4.77. The van der Waals surface area contributed by atoms with E-state index in [2.05, 4.69) is 10.3 Å². The van der Waals surface area contributed by atoms with Crippen LogP contribution in [0.5, 0.6) is 17.2 Å². The van der Waals surface area contributed by atoms with E-state index in [1.54, 1.807) is 6.07 Å². The fourth-order valence-corrected chi connectivity index (χ4v) is 4.68. The van der Waals surface area contributed by atoms with Crippen LogP contribution in [-0.2, 0) is 0 Å². The number of H-pyrrole nitrogens is 1. The summed E-state index contributed by atoms with van der Waals surface area (Å²) in [7, 11) is 0. The van der Waals surface area contributed by atoms with Gasteiger partial charge >= 0.3 is 0 Å². The molecular formula is C24H27FN2O3. The van der Waals surface area contributed by atoms with Gasteiger partial charge in [-0.05, 0) is 68.0 Å². The Morgan fingerprint density at radius 3 is 3.07 bits per heavy atom. The summed E-state index contributed by atoms with van der Waals surface area (Å²) in [6, 6.07) is 11.1. The van der Waals surface area contributed by atoms with Crippen molar-refractivity contribution in [1.29, 1.82) is 0 Å². The highest BCUT2D eigenvalue weighted by atomic mass is 19.1. The molecule has 158 valence electrons. The van der Waals surface area contributed by atoms with E-state index in [0.717, 1.165) is 48.2 Å². The molecule has 2 aromatic carbocycles. The van der Waals surface area contributed by atoms with Crippen molar-refractivity contribution in [3.63, 3.8) is 0 Å². The molecule has 1 aliphatic carbocycles. The molecule has 1 saturated carbocycles. The van der Waals surface area contributed by atoms with Gasteiger partial charge in [-0.25, -0.2) is 4.39 Å². The van der Waals surface area contributed by atoms with E-state index in [1.807, 2.05) is 37.4 Å². The van der Waals surface area contributed by atoms with E-state index in [0.29, 0.717) is 30.9 Å². The zero-order chi connectivity index (χ0) is 20.5. The van der Waals surface area contributed by atoms with Gasteiger partial charge in [-0.15, -0.1) is 0 Å². The van der Waals surface area contributed by atoms with E-state index in [-0.39, 0.29) is 11.9 Å². The Morgan fingerprint density at radius 2 is 2.17 bits per heavy atom. The van der Waals surface area contributed by atoms with Gasteiger partial charge in [0.25, 0.3) is 0 Å². The van der Waals surface area contributed by atoms with Crippen molar-refractivity contribution in [3.05, 3.63) is 54.0 Å². The molecule has 5 rings (SSSR count). The van der Waals surface area contributed by atoms with E-state index in [4.69, 9.17) is 14.2 Å². The monoisotopic (exact) mass is 410 g/mol. The molecule has 5 nitrogen and oxygen atoms in total. The van der Waals surface area contributed by atoms with Crippen LogP contribution < -0.4 is 19.5 Å². The molecule has 2 aliphatic rings. The van der Waals surface area contributed by atoms with Gasteiger partial charge in [0.15, 0.2) is 11.5 Å². The van der Waals surface area contributed by atoms with Crippen molar-refractivity contribution in [2.75, 3.05) is 19.8 Å². The lowest BCUT2D eigenvalue weighted by Crippen LogP contribution is -2.41. The minimum Gasteiger partial charge on any atom is -0.490 e. The van der Waals surface area contributed by atoms with Crippen molar-refractivity contribution in [1.82, 2.24) is 10.3 Å².